The monoisotopic (exact) mass is 521 g/mol. The molecule has 3 rings (SSSR count). The Balaban J connectivity index is 1.93. The van der Waals surface area contributed by atoms with E-state index in [1.54, 1.807) is 30.5 Å². The maximum atomic E-state index is 13.3. The Kier molecular flexibility index (Phi) is 7.66. The van der Waals surface area contributed by atoms with Gasteiger partial charge >= 0.3 is 12.1 Å². The maximum absolute atomic E-state index is 13.3. The molecular weight excluding hydrogens is 491 g/mol. The van der Waals surface area contributed by atoms with Crippen LogP contribution in [0.1, 0.15) is 68.9 Å². The number of anilines is 1. The Labute approximate surface area is 214 Å². The van der Waals surface area contributed by atoms with Gasteiger partial charge in [0.2, 0.25) is 5.91 Å². The number of nitrogens with zero attached hydrogens (tertiary/aromatic N) is 1. The summed E-state index contributed by atoms with van der Waals surface area (Å²) in [6.45, 7) is 8.40. The number of carbonyl (C=O) groups excluding carboxylic acids is 1. The van der Waals surface area contributed by atoms with Crippen LogP contribution in [0.4, 0.5) is 18.9 Å². The zero-order valence-electron chi connectivity index (χ0n) is 21.0. The highest BCUT2D eigenvalue weighted by Crippen LogP contribution is 2.45. The second-order valence-corrected chi connectivity index (χ2v) is 11.0. The maximum Gasteiger partial charge on any atom is 0.393 e. The van der Waals surface area contributed by atoms with Gasteiger partial charge in [-0.25, -0.2) is 4.79 Å². The highest BCUT2D eigenvalue weighted by Gasteiger charge is 2.46. The highest BCUT2D eigenvalue weighted by atomic mass is 35.5. The third-order valence-electron chi connectivity index (χ3n) is 7.17. The van der Waals surface area contributed by atoms with Crippen LogP contribution >= 0.6 is 11.6 Å². The summed E-state index contributed by atoms with van der Waals surface area (Å²) in [5.74, 6) is -1.12. The molecule has 0 unspecified atom stereocenters. The molecule has 1 N–H and O–H groups in total. The van der Waals surface area contributed by atoms with Gasteiger partial charge in [0.15, 0.2) is 0 Å². The smallest absolute Gasteiger partial charge is 0.393 e. The van der Waals surface area contributed by atoms with Crippen molar-refractivity contribution in [1.82, 2.24) is 0 Å². The molecule has 194 valence electrons. The standard InChI is InChI=1S/C28H31ClF3NO3/c1-17(2)22-16-33(21-10-7-19(8-11-21)25(35)36)24(34)15-27(22,5)20-9-6-18(23(29)14-20)12-13-26(3,4)28(30,31)32/h6-11,14,16-17H,12-13,15H2,1-5H3,(H,35,36)/t27-/m0/s1. The summed E-state index contributed by atoms with van der Waals surface area (Å²) in [6, 6.07) is 11.5. The molecule has 0 saturated carbocycles. The number of hydrogen-bond donors (Lipinski definition) is 1. The van der Waals surface area contributed by atoms with Crippen LogP contribution in [0.3, 0.4) is 0 Å². The van der Waals surface area contributed by atoms with Crippen LogP contribution in [0.15, 0.2) is 54.2 Å². The molecule has 0 fully saturated rings. The molecule has 0 saturated heterocycles. The Morgan fingerprint density at radius 3 is 2.25 bits per heavy atom. The highest BCUT2D eigenvalue weighted by molar-refractivity contribution is 6.31. The third-order valence-corrected chi connectivity index (χ3v) is 7.52. The fourth-order valence-corrected chi connectivity index (χ4v) is 4.84. The number of carboxylic acid groups (broad SMARTS) is 1. The van der Waals surface area contributed by atoms with Gasteiger partial charge in [0.05, 0.1) is 11.0 Å². The van der Waals surface area contributed by atoms with Gasteiger partial charge in [-0.3, -0.25) is 9.69 Å². The van der Waals surface area contributed by atoms with Crippen LogP contribution in [-0.2, 0) is 16.6 Å². The van der Waals surface area contributed by atoms with E-state index in [0.29, 0.717) is 16.3 Å². The topological polar surface area (TPSA) is 57.6 Å². The fraction of sp³-hybridized carbons (Fsp3) is 0.429. The number of alkyl halides is 3. The second-order valence-electron chi connectivity index (χ2n) is 10.6. The van der Waals surface area contributed by atoms with E-state index in [-0.39, 0.29) is 36.7 Å². The van der Waals surface area contributed by atoms with Crippen molar-refractivity contribution in [2.45, 2.75) is 65.5 Å². The normalized spacial score (nSPS) is 19.0. The minimum atomic E-state index is -4.30. The molecule has 36 heavy (non-hydrogen) atoms. The summed E-state index contributed by atoms with van der Waals surface area (Å²) in [5.41, 5.74) is 0.679. The van der Waals surface area contributed by atoms with Crippen LogP contribution < -0.4 is 4.90 Å². The number of carboxylic acids is 1. The zero-order chi connectivity index (χ0) is 27.1. The molecule has 0 aliphatic carbocycles. The van der Waals surface area contributed by atoms with E-state index in [9.17, 15) is 22.8 Å². The average Bonchev–Trinajstić information content (AvgIpc) is 2.77. The number of hydrogen-bond acceptors (Lipinski definition) is 2. The molecule has 2 aromatic carbocycles. The van der Waals surface area contributed by atoms with Gasteiger partial charge in [0, 0.05) is 28.7 Å². The summed E-state index contributed by atoms with van der Waals surface area (Å²) in [6.07, 6.45) is -2.23. The first-order valence-corrected chi connectivity index (χ1v) is 12.2. The SMILES string of the molecule is CC(C)C1=CN(c2ccc(C(=O)O)cc2)C(=O)C[C@@]1(C)c1ccc(CCC(C)(C)C(F)(F)F)c(Cl)c1. The number of rotatable bonds is 7. The van der Waals surface area contributed by atoms with Gasteiger partial charge in [0.25, 0.3) is 0 Å². The Bertz CT molecular complexity index is 1190. The van der Waals surface area contributed by atoms with E-state index in [1.165, 1.54) is 30.9 Å². The summed E-state index contributed by atoms with van der Waals surface area (Å²) < 4.78 is 39.8. The van der Waals surface area contributed by atoms with Crippen molar-refractivity contribution in [2.24, 2.45) is 11.3 Å². The predicted molar refractivity (Wildman–Crippen MR) is 135 cm³/mol. The molecular formula is C28H31ClF3NO3. The average molecular weight is 522 g/mol. The lowest BCUT2D eigenvalue weighted by Crippen LogP contribution is -2.42. The minimum absolute atomic E-state index is 0.0786. The number of aromatic carboxylic acids is 1. The van der Waals surface area contributed by atoms with Crippen LogP contribution in [0, 0.1) is 11.3 Å². The molecule has 4 nitrogen and oxygen atoms in total. The van der Waals surface area contributed by atoms with Gasteiger partial charge in [-0.05, 0) is 65.8 Å². The molecule has 0 bridgehead atoms. The molecule has 1 amide bonds. The van der Waals surface area contributed by atoms with Gasteiger partial charge in [-0.2, -0.15) is 13.2 Å². The molecule has 8 heteroatoms. The molecule has 1 aliphatic heterocycles. The number of halogens is 4. The van der Waals surface area contributed by atoms with Gasteiger partial charge in [-0.15, -0.1) is 0 Å². The van der Waals surface area contributed by atoms with Crippen molar-refractivity contribution in [3.05, 3.63) is 76.0 Å². The quantitative estimate of drug-likeness (QED) is 0.404. The third kappa shape index (κ3) is 5.46. The van der Waals surface area contributed by atoms with Crippen molar-refractivity contribution in [2.75, 3.05) is 4.90 Å². The van der Waals surface area contributed by atoms with Crippen LogP contribution in [0.5, 0.6) is 0 Å². The van der Waals surface area contributed by atoms with E-state index in [1.807, 2.05) is 26.8 Å². The van der Waals surface area contributed by atoms with Gasteiger partial charge in [-0.1, -0.05) is 58.4 Å². The number of allylic oxidation sites excluding steroid dienone is 1. The zero-order valence-corrected chi connectivity index (χ0v) is 21.8. The van der Waals surface area contributed by atoms with Crippen LogP contribution in [0.25, 0.3) is 0 Å². The Hall–Kier alpha value is -2.80. The first-order chi connectivity index (χ1) is 16.6. The largest absolute Gasteiger partial charge is 0.478 e. The Morgan fingerprint density at radius 1 is 1.14 bits per heavy atom. The molecule has 2 aromatic rings. The fourth-order valence-electron chi connectivity index (χ4n) is 4.56. The van der Waals surface area contributed by atoms with Crippen molar-refractivity contribution < 1.29 is 27.9 Å². The number of benzene rings is 2. The lowest BCUT2D eigenvalue weighted by molar-refractivity contribution is -0.213. The molecule has 1 aliphatic rings. The van der Waals surface area contributed by atoms with Crippen LogP contribution in [0.2, 0.25) is 5.02 Å². The number of aryl methyl sites for hydroxylation is 1. The first-order valence-electron chi connectivity index (χ1n) is 11.8. The van der Waals surface area contributed by atoms with E-state index in [4.69, 9.17) is 16.7 Å². The molecule has 1 heterocycles. The number of carbonyl (C=O) groups is 2. The summed E-state index contributed by atoms with van der Waals surface area (Å²) >= 11 is 6.54. The lowest BCUT2D eigenvalue weighted by atomic mass is 9.68. The second kappa shape index (κ2) is 9.92. The van der Waals surface area contributed by atoms with E-state index < -0.39 is 23.0 Å². The summed E-state index contributed by atoms with van der Waals surface area (Å²) in [4.78, 5) is 26.0. The van der Waals surface area contributed by atoms with E-state index >= 15 is 0 Å². The van der Waals surface area contributed by atoms with Crippen LogP contribution in [-0.4, -0.2) is 23.2 Å². The van der Waals surface area contributed by atoms with Crippen molar-refractivity contribution in [3.8, 4) is 0 Å². The minimum Gasteiger partial charge on any atom is -0.478 e. The molecule has 0 spiro atoms. The molecule has 0 aromatic heterocycles. The summed E-state index contributed by atoms with van der Waals surface area (Å²) in [5, 5.41) is 9.53. The summed E-state index contributed by atoms with van der Waals surface area (Å²) in [7, 11) is 0. The van der Waals surface area contributed by atoms with E-state index in [2.05, 4.69) is 0 Å². The Morgan fingerprint density at radius 2 is 1.75 bits per heavy atom. The van der Waals surface area contributed by atoms with Crippen molar-refractivity contribution in [1.29, 1.82) is 0 Å². The molecule has 1 atom stereocenters. The van der Waals surface area contributed by atoms with Gasteiger partial charge < -0.3 is 5.11 Å². The molecule has 0 radical (unpaired) electrons. The first kappa shape index (κ1) is 27.8. The lowest BCUT2D eigenvalue weighted by Gasteiger charge is -2.41. The predicted octanol–water partition coefficient (Wildman–Crippen LogP) is 7.79. The van der Waals surface area contributed by atoms with E-state index in [0.717, 1.165) is 11.1 Å². The van der Waals surface area contributed by atoms with Crippen molar-refractivity contribution in [3.63, 3.8) is 0 Å². The van der Waals surface area contributed by atoms with Crippen molar-refractivity contribution >= 4 is 29.2 Å². The van der Waals surface area contributed by atoms with Gasteiger partial charge in [0.1, 0.15) is 0 Å². The number of amides is 1.